The van der Waals surface area contributed by atoms with E-state index in [0.717, 1.165) is 4.90 Å². The highest BCUT2D eigenvalue weighted by molar-refractivity contribution is 5.77. The van der Waals surface area contributed by atoms with Crippen LogP contribution in [0.5, 0.6) is 0 Å². The van der Waals surface area contributed by atoms with Crippen LogP contribution in [0.4, 0.5) is 18.0 Å². The van der Waals surface area contributed by atoms with E-state index in [4.69, 9.17) is 5.11 Å². The number of urea groups is 1. The van der Waals surface area contributed by atoms with Crippen LogP contribution in [-0.4, -0.2) is 58.8 Å². The average molecular weight is 294 g/mol. The summed E-state index contributed by atoms with van der Waals surface area (Å²) in [5, 5.41) is 8.95. The predicted octanol–water partition coefficient (Wildman–Crippen LogP) is 1.93. The van der Waals surface area contributed by atoms with E-state index >= 15 is 0 Å². The molecular formula is C12H17F3N2O3. The minimum Gasteiger partial charge on any atom is -0.481 e. The van der Waals surface area contributed by atoms with E-state index in [-0.39, 0.29) is 12.6 Å². The summed E-state index contributed by atoms with van der Waals surface area (Å²) >= 11 is 0. The summed E-state index contributed by atoms with van der Waals surface area (Å²) in [4.78, 5) is 25.2. The molecule has 1 atom stereocenters. The van der Waals surface area contributed by atoms with Crippen LogP contribution in [0, 0.1) is 5.92 Å². The second-order valence-electron chi connectivity index (χ2n) is 5.38. The number of hydrogen-bond acceptors (Lipinski definition) is 2. The van der Waals surface area contributed by atoms with Gasteiger partial charge in [-0.1, -0.05) is 0 Å². The lowest BCUT2D eigenvalue weighted by molar-refractivity contribution is -0.145. The van der Waals surface area contributed by atoms with Gasteiger partial charge in [0.2, 0.25) is 0 Å². The van der Waals surface area contributed by atoms with Gasteiger partial charge in [-0.15, -0.1) is 0 Å². The molecule has 5 nitrogen and oxygen atoms in total. The lowest BCUT2D eigenvalue weighted by Crippen LogP contribution is -2.51. The summed E-state index contributed by atoms with van der Waals surface area (Å²) in [5.74, 6) is -1.68. The summed E-state index contributed by atoms with van der Waals surface area (Å²) < 4.78 is 37.6. The van der Waals surface area contributed by atoms with Crippen molar-refractivity contribution in [2.45, 2.75) is 37.9 Å². The number of alkyl halides is 3. The zero-order valence-electron chi connectivity index (χ0n) is 10.9. The lowest BCUT2D eigenvalue weighted by atomic mass is 9.98. The summed E-state index contributed by atoms with van der Waals surface area (Å²) in [7, 11) is 0. The second-order valence-corrected chi connectivity index (χ2v) is 5.38. The number of piperidine rings is 1. The summed E-state index contributed by atoms with van der Waals surface area (Å²) in [5.41, 5.74) is 0. The van der Waals surface area contributed by atoms with Gasteiger partial charge in [0.1, 0.15) is 6.54 Å². The molecule has 20 heavy (non-hydrogen) atoms. The number of carbonyl (C=O) groups excluding carboxylic acids is 1. The Labute approximate surface area is 114 Å². The quantitative estimate of drug-likeness (QED) is 0.865. The van der Waals surface area contributed by atoms with Crippen LogP contribution >= 0.6 is 0 Å². The molecule has 2 rings (SSSR count). The van der Waals surface area contributed by atoms with Gasteiger partial charge < -0.3 is 14.9 Å². The molecule has 114 valence electrons. The van der Waals surface area contributed by atoms with E-state index in [1.165, 1.54) is 4.90 Å². The molecule has 0 radical (unpaired) electrons. The van der Waals surface area contributed by atoms with Crippen molar-refractivity contribution in [1.82, 2.24) is 9.80 Å². The van der Waals surface area contributed by atoms with E-state index in [9.17, 15) is 22.8 Å². The van der Waals surface area contributed by atoms with Crippen LogP contribution in [0.25, 0.3) is 0 Å². The fraction of sp³-hybridized carbons (Fsp3) is 0.833. The maximum Gasteiger partial charge on any atom is 0.406 e. The molecule has 0 unspecified atom stereocenters. The monoisotopic (exact) mass is 294 g/mol. The molecule has 2 aliphatic rings. The van der Waals surface area contributed by atoms with Crippen LogP contribution in [0.3, 0.4) is 0 Å². The number of carbonyl (C=O) groups is 2. The Hall–Kier alpha value is -1.47. The maximum absolute atomic E-state index is 12.5. The number of carboxylic acids is 1. The Balaban J connectivity index is 2.01. The van der Waals surface area contributed by atoms with Crippen molar-refractivity contribution in [3.8, 4) is 0 Å². The molecule has 2 fully saturated rings. The molecule has 1 N–H and O–H groups in total. The van der Waals surface area contributed by atoms with E-state index in [1.807, 2.05) is 0 Å². The molecule has 1 heterocycles. The third kappa shape index (κ3) is 3.77. The first-order valence-corrected chi connectivity index (χ1v) is 6.63. The van der Waals surface area contributed by atoms with Gasteiger partial charge in [-0.25, -0.2) is 4.79 Å². The number of likely N-dealkylation sites (tertiary alicyclic amines) is 1. The van der Waals surface area contributed by atoms with Gasteiger partial charge in [-0.05, 0) is 25.7 Å². The maximum atomic E-state index is 12.5. The van der Waals surface area contributed by atoms with Crippen molar-refractivity contribution in [2.75, 3.05) is 19.6 Å². The third-order valence-corrected chi connectivity index (χ3v) is 3.62. The fourth-order valence-electron chi connectivity index (χ4n) is 2.47. The fourth-order valence-corrected chi connectivity index (χ4v) is 2.47. The molecular weight excluding hydrogens is 277 g/mol. The molecule has 0 aromatic heterocycles. The van der Waals surface area contributed by atoms with Crippen LogP contribution < -0.4 is 0 Å². The number of nitrogens with zero attached hydrogens (tertiary/aromatic N) is 2. The standard InChI is InChI=1S/C12H17F3N2O3/c13-12(14,15)7-17(9-3-4-9)11(20)16-5-1-2-8(6-16)10(18)19/h8-9H,1-7H2,(H,18,19)/t8-/m1/s1. The second kappa shape index (κ2) is 5.49. The number of carboxylic acid groups (broad SMARTS) is 1. The summed E-state index contributed by atoms with van der Waals surface area (Å²) in [6.07, 6.45) is -2.30. The zero-order chi connectivity index (χ0) is 14.9. The van der Waals surface area contributed by atoms with Gasteiger partial charge in [0.15, 0.2) is 0 Å². The number of rotatable bonds is 3. The molecule has 1 aliphatic heterocycles. The first kappa shape index (κ1) is 14.9. The van der Waals surface area contributed by atoms with Crippen molar-refractivity contribution in [1.29, 1.82) is 0 Å². The topological polar surface area (TPSA) is 60.9 Å². The van der Waals surface area contributed by atoms with Crippen molar-refractivity contribution in [3.05, 3.63) is 0 Å². The third-order valence-electron chi connectivity index (χ3n) is 3.62. The van der Waals surface area contributed by atoms with Gasteiger partial charge in [0, 0.05) is 19.1 Å². The van der Waals surface area contributed by atoms with Gasteiger partial charge in [-0.2, -0.15) is 13.2 Å². The highest BCUT2D eigenvalue weighted by Gasteiger charge is 2.43. The molecule has 2 amide bonds. The van der Waals surface area contributed by atoms with E-state index < -0.39 is 30.6 Å². The SMILES string of the molecule is O=C(O)[C@@H]1CCCN(C(=O)N(CC(F)(F)F)C2CC2)C1. The Bertz CT molecular complexity index is 396. The van der Waals surface area contributed by atoms with Crippen molar-refractivity contribution >= 4 is 12.0 Å². The first-order valence-electron chi connectivity index (χ1n) is 6.63. The number of aliphatic carboxylic acids is 1. The molecule has 8 heteroatoms. The largest absolute Gasteiger partial charge is 0.481 e. The van der Waals surface area contributed by atoms with Gasteiger partial charge in [-0.3, -0.25) is 4.79 Å². The van der Waals surface area contributed by atoms with Crippen molar-refractivity contribution < 1.29 is 27.9 Å². The average Bonchev–Trinajstić information content (AvgIpc) is 3.18. The highest BCUT2D eigenvalue weighted by Crippen LogP contribution is 2.31. The van der Waals surface area contributed by atoms with Gasteiger partial charge in [0.05, 0.1) is 5.92 Å². The van der Waals surface area contributed by atoms with E-state index in [1.54, 1.807) is 0 Å². The van der Waals surface area contributed by atoms with Crippen molar-refractivity contribution in [3.63, 3.8) is 0 Å². The predicted molar refractivity (Wildman–Crippen MR) is 63.1 cm³/mol. The van der Waals surface area contributed by atoms with Gasteiger partial charge >= 0.3 is 18.2 Å². The van der Waals surface area contributed by atoms with E-state index in [2.05, 4.69) is 0 Å². The summed E-state index contributed by atoms with van der Waals surface area (Å²) in [6.45, 7) is -0.941. The van der Waals surface area contributed by atoms with Crippen LogP contribution in [0.1, 0.15) is 25.7 Å². The highest BCUT2D eigenvalue weighted by atomic mass is 19.4. The Morgan fingerprint density at radius 3 is 2.40 bits per heavy atom. The van der Waals surface area contributed by atoms with E-state index in [0.29, 0.717) is 32.2 Å². The Kier molecular flexibility index (Phi) is 4.10. The lowest BCUT2D eigenvalue weighted by Gasteiger charge is -2.35. The zero-order valence-corrected chi connectivity index (χ0v) is 10.9. The first-order chi connectivity index (χ1) is 9.28. The molecule has 0 aromatic rings. The van der Waals surface area contributed by atoms with Crippen molar-refractivity contribution in [2.24, 2.45) is 5.92 Å². The number of amides is 2. The smallest absolute Gasteiger partial charge is 0.406 e. The molecule has 1 aliphatic carbocycles. The molecule has 0 bridgehead atoms. The summed E-state index contributed by atoms with van der Waals surface area (Å²) in [6, 6.07) is -1.04. The molecule has 0 spiro atoms. The normalized spacial score (nSPS) is 23.6. The number of halogens is 3. The minimum atomic E-state index is -4.43. The van der Waals surface area contributed by atoms with Crippen LogP contribution in [0.15, 0.2) is 0 Å². The van der Waals surface area contributed by atoms with Crippen LogP contribution in [0.2, 0.25) is 0 Å². The Morgan fingerprint density at radius 1 is 1.25 bits per heavy atom. The van der Waals surface area contributed by atoms with Gasteiger partial charge in [0.25, 0.3) is 0 Å². The van der Waals surface area contributed by atoms with Crippen LogP contribution in [-0.2, 0) is 4.79 Å². The molecule has 1 saturated heterocycles. The number of hydrogen-bond donors (Lipinski definition) is 1. The molecule has 0 aromatic carbocycles. The Morgan fingerprint density at radius 2 is 1.90 bits per heavy atom. The minimum absolute atomic E-state index is 0.00472. The molecule has 1 saturated carbocycles.